The molecule has 2 atom stereocenters. The molecule has 0 saturated carbocycles. The SMILES string of the molecule is Cc1cc(C(=O)O)cc(C)c1OC1CS(=O)(=O)CC1O. The lowest BCUT2D eigenvalue weighted by Crippen LogP contribution is -2.30. The number of aromatic carboxylic acids is 1. The Balaban J connectivity index is 2.29. The van der Waals surface area contributed by atoms with Crippen LogP contribution in [0.25, 0.3) is 0 Å². The lowest BCUT2D eigenvalue weighted by Gasteiger charge is -2.19. The minimum Gasteiger partial charge on any atom is -0.486 e. The van der Waals surface area contributed by atoms with Gasteiger partial charge in [0, 0.05) is 0 Å². The van der Waals surface area contributed by atoms with Crippen LogP contribution >= 0.6 is 0 Å². The molecule has 2 rings (SSSR count). The van der Waals surface area contributed by atoms with E-state index in [9.17, 15) is 18.3 Å². The van der Waals surface area contributed by atoms with Crippen LogP contribution in [-0.4, -0.2) is 48.3 Å². The molecule has 2 unspecified atom stereocenters. The van der Waals surface area contributed by atoms with E-state index in [4.69, 9.17) is 9.84 Å². The molecule has 1 aromatic rings. The van der Waals surface area contributed by atoms with E-state index in [0.29, 0.717) is 16.9 Å². The van der Waals surface area contributed by atoms with E-state index in [1.54, 1.807) is 13.8 Å². The zero-order valence-electron chi connectivity index (χ0n) is 11.2. The van der Waals surface area contributed by atoms with Gasteiger partial charge in [0.15, 0.2) is 9.84 Å². The lowest BCUT2D eigenvalue weighted by molar-refractivity contribution is 0.0691. The Hall–Kier alpha value is -1.60. The minimum atomic E-state index is -3.28. The van der Waals surface area contributed by atoms with Crippen LogP contribution in [0.2, 0.25) is 0 Å². The highest BCUT2D eigenvalue weighted by Crippen LogP contribution is 2.28. The first-order valence-corrected chi connectivity index (χ1v) is 7.91. The van der Waals surface area contributed by atoms with Crippen LogP contribution in [0.4, 0.5) is 0 Å². The van der Waals surface area contributed by atoms with Crippen LogP contribution in [0.3, 0.4) is 0 Å². The van der Waals surface area contributed by atoms with Gasteiger partial charge in [-0.2, -0.15) is 0 Å². The molecule has 1 heterocycles. The Morgan fingerprint density at radius 3 is 2.20 bits per heavy atom. The summed E-state index contributed by atoms with van der Waals surface area (Å²) in [6.07, 6.45) is -1.87. The smallest absolute Gasteiger partial charge is 0.335 e. The van der Waals surface area contributed by atoms with Crippen molar-refractivity contribution in [1.82, 2.24) is 0 Å². The van der Waals surface area contributed by atoms with Gasteiger partial charge in [0.25, 0.3) is 0 Å². The van der Waals surface area contributed by atoms with Crippen LogP contribution in [0.15, 0.2) is 12.1 Å². The maximum atomic E-state index is 11.4. The molecule has 2 N–H and O–H groups in total. The molecule has 0 radical (unpaired) electrons. The summed E-state index contributed by atoms with van der Waals surface area (Å²) in [5.41, 5.74) is 1.34. The van der Waals surface area contributed by atoms with Crippen molar-refractivity contribution in [3.63, 3.8) is 0 Å². The summed E-state index contributed by atoms with van der Waals surface area (Å²) in [6.45, 7) is 3.37. The van der Waals surface area contributed by atoms with E-state index in [1.165, 1.54) is 12.1 Å². The molecule has 0 aromatic heterocycles. The zero-order valence-corrected chi connectivity index (χ0v) is 12.0. The van der Waals surface area contributed by atoms with E-state index in [0.717, 1.165) is 0 Å². The molecule has 0 spiro atoms. The fraction of sp³-hybridized carbons (Fsp3) is 0.462. The van der Waals surface area contributed by atoms with Gasteiger partial charge in [-0.25, -0.2) is 13.2 Å². The Labute approximate surface area is 116 Å². The molecule has 0 bridgehead atoms. The summed E-state index contributed by atoms with van der Waals surface area (Å²) in [5, 5.41) is 18.7. The fourth-order valence-corrected chi connectivity index (χ4v) is 3.98. The molecule has 0 aliphatic carbocycles. The highest BCUT2D eigenvalue weighted by atomic mass is 32.2. The maximum absolute atomic E-state index is 11.4. The summed E-state index contributed by atoms with van der Waals surface area (Å²) >= 11 is 0. The van der Waals surface area contributed by atoms with E-state index < -0.39 is 28.0 Å². The normalized spacial score (nSPS) is 24.6. The number of hydrogen-bond acceptors (Lipinski definition) is 5. The van der Waals surface area contributed by atoms with Gasteiger partial charge < -0.3 is 14.9 Å². The van der Waals surface area contributed by atoms with Crippen molar-refractivity contribution >= 4 is 15.8 Å². The van der Waals surface area contributed by atoms with Crippen molar-refractivity contribution in [1.29, 1.82) is 0 Å². The van der Waals surface area contributed by atoms with Gasteiger partial charge in [-0.3, -0.25) is 0 Å². The Morgan fingerprint density at radius 1 is 1.25 bits per heavy atom. The first-order chi connectivity index (χ1) is 9.19. The van der Waals surface area contributed by atoms with Crippen molar-refractivity contribution in [2.45, 2.75) is 26.1 Å². The number of carbonyl (C=O) groups is 1. The molecular formula is C13H16O6S. The lowest BCUT2D eigenvalue weighted by atomic mass is 10.1. The topological polar surface area (TPSA) is 101 Å². The minimum absolute atomic E-state index is 0.145. The Kier molecular flexibility index (Phi) is 3.75. The summed E-state index contributed by atoms with van der Waals surface area (Å²) < 4.78 is 28.5. The van der Waals surface area contributed by atoms with E-state index in [-0.39, 0.29) is 17.1 Å². The number of aliphatic hydroxyl groups is 1. The summed E-state index contributed by atoms with van der Waals surface area (Å²) in [5.74, 6) is -1.14. The number of carboxylic acid groups (broad SMARTS) is 1. The van der Waals surface area contributed by atoms with Crippen LogP contribution in [0, 0.1) is 13.8 Å². The van der Waals surface area contributed by atoms with Crippen LogP contribution < -0.4 is 4.74 Å². The number of sulfone groups is 1. The van der Waals surface area contributed by atoms with Gasteiger partial charge in [-0.05, 0) is 37.1 Å². The van der Waals surface area contributed by atoms with Gasteiger partial charge in [-0.15, -0.1) is 0 Å². The summed E-state index contributed by atoms with van der Waals surface area (Å²) in [7, 11) is -3.28. The van der Waals surface area contributed by atoms with Crippen molar-refractivity contribution < 1.29 is 28.2 Å². The number of benzene rings is 1. The van der Waals surface area contributed by atoms with Gasteiger partial charge in [0.2, 0.25) is 0 Å². The Morgan fingerprint density at radius 2 is 1.80 bits per heavy atom. The number of aryl methyl sites for hydroxylation is 2. The van der Waals surface area contributed by atoms with Gasteiger partial charge in [0.1, 0.15) is 18.0 Å². The average Bonchev–Trinajstić information content (AvgIpc) is 2.56. The highest BCUT2D eigenvalue weighted by molar-refractivity contribution is 7.91. The van der Waals surface area contributed by atoms with Crippen molar-refractivity contribution in [3.05, 3.63) is 28.8 Å². The van der Waals surface area contributed by atoms with E-state index in [1.807, 2.05) is 0 Å². The second-order valence-corrected chi connectivity index (χ2v) is 7.20. The first kappa shape index (κ1) is 14.8. The monoisotopic (exact) mass is 300 g/mol. The largest absolute Gasteiger partial charge is 0.486 e. The predicted molar refractivity (Wildman–Crippen MR) is 72.0 cm³/mol. The predicted octanol–water partition coefficient (Wildman–Crippen LogP) is 0.538. The molecule has 1 saturated heterocycles. The zero-order chi connectivity index (χ0) is 15.1. The second kappa shape index (κ2) is 5.06. The number of ether oxygens (including phenoxy) is 1. The quantitative estimate of drug-likeness (QED) is 0.845. The van der Waals surface area contributed by atoms with Crippen LogP contribution in [0.5, 0.6) is 5.75 Å². The Bertz CT molecular complexity index is 626. The molecule has 110 valence electrons. The number of rotatable bonds is 3. The van der Waals surface area contributed by atoms with Crippen LogP contribution in [0.1, 0.15) is 21.5 Å². The third-order valence-electron chi connectivity index (χ3n) is 3.25. The molecule has 6 nitrogen and oxygen atoms in total. The van der Waals surface area contributed by atoms with Crippen molar-refractivity contribution in [2.24, 2.45) is 0 Å². The molecule has 1 aromatic carbocycles. The standard InChI is InChI=1S/C13H16O6S/c1-7-3-9(13(15)16)4-8(2)12(7)19-11-6-20(17,18)5-10(11)14/h3-4,10-11,14H,5-6H2,1-2H3,(H,15,16). The second-order valence-electron chi connectivity index (χ2n) is 5.04. The molecule has 1 fully saturated rings. The van der Waals surface area contributed by atoms with Crippen molar-refractivity contribution in [3.8, 4) is 5.75 Å². The molecule has 1 aliphatic rings. The number of aliphatic hydroxyl groups excluding tert-OH is 1. The molecule has 0 amide bonds. The van der Waals surface area contributed by atoms with E-state index in [2.05, 4.69) is 0 Å². The number of carboxylic acids is 1. The molecule has 1 aliphatic heterocycles. The van der Waals surface area contributed by atoms with Crippen molar-refractivity contribution in [2.75, 3.05) is 11.5 Å². The molecule has 7 heteroatoms. The third kappa shape index (κ3) is 2.94. The first-order valence-electron chi connectivity index (χ1n) is 6.09. The average molecular weight is 300 g/mol. The number of hydrogen-bond donors (Lipinski definition) is 2. The molecule has 20 heavy (non-hydrogen) atoms. The van der Waals surface area contributed by atoms with Gasteiger partial charge in [0.05, 0.1) is 17.1 Å². The maximum Gasteiger partial charge on any atom is 0.335 e. The highest BCUT2D eigenvalue weighted by Gasteiger charge is 2.38. The summed E-state index contributed by atoms with van der Waals surface area (Å²) in [4.78, 5) is 10.9. The summed E-state index contributed by atoms with van der Waals surface area (Å²) in [6, 6.07) is 2.92. The third-order valence-corrected chi connectivity index (χ3v) is 4.93. The van der Waals surface area contributed by atoms with Crippen LogP contribution in [-0.2, 0) is 9.84 Å². The molecular weight excluding hydrogens is 284 g/mol. The van der Waals surface area contributed by atoms with E-state index >= 15 is 0 Å². The fourth-order valence-electron chi connectivity index (χ4n) is 2.32. The van der Waals surface area contributed by atoms with Gasteiger partial charge in [-0.1, -0.05) is 0 Å². The van der Waals surface area contributed by atoms with Gasteiger partial charge >= 0.3 is 5.97 Å².